The second-order valence-corrected chi connectivity index (χ2v) is 4.87. The van der Waals surface area contributed by atoms with Crippen molar-refractivity contribution < 1.29 is 19.8 Å². The molecule has 4 unspecified atom stereocenters. The van der Waals surface area contributed by atoms with Gasteiger partial charge in [-0.25, -0.2) is 0 Å². The highest BCUT2D eigenvalue weighted by Crippen LogP contribution is 2.38. The Kier molecular flexibility index (Phi) is 2.88. The van der Waals surface area contributed by atoms with Crippen molar-refractivity contribution in [3.8, 4) is 0 Å². The Morgan fingerprint density at radius 2 is 2.00 bits per heavy atom. The number of carbonyl (C=O) groups is 2. The summed E-state index contributed by atoms with van der Waals surface area (Å²) in [6.45, 7) is 2.54. The van der Waals surface area contributed by atoms with Gasteiger partial charge in [-0.05, 0) is 25.7 Å². The van der Waals surface area contributed by atoms with Gasteiger partial charge in [0.1, 0.15) is 5.92 Å². The van der Waals surface area contributed by atoms with Crippen LogP contribution in [0, 0.1) is 17.8 Å². The molecule has 16 heavy (non-hydrogen) atoms. The van der Waals surface area contributed by atoms with E-state index in [-0.39, 0.29) is 17.9 Å². The summed E-state index contributed by atoms with van der Waals surface area (Å²) in [7, 11) is 0. The smallest absolute Gasteiger partial charge is 0.315 e. The van der Waals surface area contributed by atoms with Gasteiger partial charge in [-0.15, -0.1) is 0 Å². The zero-order chi connectivity index (χ0) is 11.9. The molecule has 5 nitrogen and oxygen atoms in total. The number of fused-ring (bicyclic) bond motifs is 1. The summed E-state index contributed by atoms with van der Waals surface area (Å²) in [6, 6.07) is 0. The van der Waals surface area contributed by atoms with Crippen molar-refractivity contribution in [1.29, 1.82) is 0 Å². The number of hydrogen-bond acceptors (Lipinski definition) is 3. The molecule has 0 aromatic rings. The van der Waals surface area contributed by atoms with Gasteiger partial charge >= 0.3 is 5.97 Å². The quantitative estimate of drug-likeness (QED) is 0.648. The van der Waals surface area contributed by atoms with Crippen molar-refractivity contribution in [3.63, 3.8) is 0 Å². The first-order valence-corrected chi connectivity index (χ1v) is 5.70. The third-order valence-corrected chi connectivity index (χ3v) is 3.87. The number of aliphatic carboxylic acids is 1. The van der Waals surface area contributed by atoms with E-state index in [4.69, 9.17) is 5.11 Å². The molecule has 0 aromatic carbocycles. The number of likely N-dealkylation sites (tertiary alicyclic amines) is 1. The molecule has 1 heterocycles. The summed E-state index contributed by atoms with van der Waals surface area (Å²) in [5.74, 6) is -1.86. The molecular formula is C11H17NO4. The Labute approximate surface area is 94.0 Å². The number of amides is 1. The monoisotopic (exact) mass is 227 g/mol. The maximum atomic E-state index is 11.8. The summed E-state index contributed by atoms with van der Waals surface area (Å²) in [4.78, 5) is 24.1. The molecule has 1 saturated heterocycles. The van der Waals surface area contributed by atoms with Crippen LogP contribution in [0.25, 0.3) is 0 Å². The lowest BCUT2D eigenvalue weighted by Crippen LogP contribution is -2.37. The Morgan fingerprint density at radius 1 is 1.31 bits per heavy atom. The minimum Gasteiger partial charge on any atom is -0.481 e. The number of aliphatic hydroxyl groups excluding tert-OH is 1. The Morgan fingerprint density at radius 3 is 2.56 bits per heavy atom. The molecule has 0 aromatic heterocycles. The first-order chi connectivity index (χ1) is 7.50. The van der Waals surface area contributed by atoms with Crippen LogP contribution in [-0.4, -0.2) is 46.2 Å². The molecule has 1 amide bonds. The van der Waals surface area contributed by atoms with E-state index >= 15 is 0 Å². The average molecular weight is 227 g/mol. The van der Waals surface area contributed by atoms with Gasteiger partial charge in [-0.2, -0.15) is 0 Å². The third-order valence-electron chi connectivity index (χ3n) is 3.87. The molecule has 2 aliphatic rings. The Balaban J connectivity index is 1.99. The van der Waals surface area contributed by atoms with Gasteiger partial charge < -0.3 is 15.1 Å². The largest absolute Gasteiger partial charge is 0.481 e. The zero-order valence-electron chi connectivity index (χ0n) is 9.30. The minimum atomic E-state index is -1.08. The van der Waals surface area contributed by atoms with E-state index in [9.17, 15) is 14.7 Å². The molecule has 90 valence electrons. The van der Waals surface area contributed by atoms with Crippen LogP contribution in [0.3, 0.4) is 0 Å². The van der Waals surface area contributed by atoms with Crippen LogP contribution in [0.1, 0.15) is 19.8 Å². The van der Waals surface area contributed by atoms with E-state index in [0.29, 0.717) is 19.0 Å². The summed E-state index contributed by atoms with van der Waals surface area (Å²) >= 11 is 0. The summed E-state index contributed by atoms with van der Waals surface area (Å²) in [6.07, 6.45) is 1.44. The van der Waals surface area contributed by atoms with Crippen molar-refractivity contribution in [2.75, 3.05) is 13.1 Å². The summed E-state index contributed by atoms with van der Waals surface area (Å²) < 4.78 is 0. The maximum absolute atomic E-state index is 11.8. The van der Waals surface area contributed by atoms with E-state index in [1.807, 2.05) is 0 Å². The highest BCUT2D eigenvalue weighted by atomic mass is 16.4. The van der Waals surface area contributed by atoms with Crippen LogP contribution in [0.5, 0.6) is 0 Å². The molecule has 1 aliphatic carbocycles. The molecule has 0 radical (unpaired) electrons. The number of carboxylic acid groups (broad SMARTS) is 1. The van der Waals surface area contributed by atoms with Crippen LogP contribution in [0.4, 0.5) is 0 Å². The normalized spacial score (nSPS) is 34.9. The molecule has 1 aliphatic heterocycles. The molecule has 4 atom stereocenters. The second-order valence-electron chi connectivity index (χ2n) is 4.87. The number of carbonyl (C=O) groups excluding carboxylic acids is 1. The standard InChI is InChI=1S/C11H17NO4/c1-6(11(15)16)10(14)12-4-7-2-3-9(13)8(7)5-12/h6-9,13H,2-5H2,1H3,(H,15,16). The van der Waals surface area contributed by atoms with Crippen LogP contribution >= 0.6 is 0 Å². The number of nitrogens with zero attached hydrogens (tertiary/aromatic N) is 1. The van der Waals surface area contributed by atoms with Crippen LogP contribution in [-0.2, 0) is 9.59 Å². The van der Waals surface area contributed by atoms with E-state index in [1.165, 1.54) is 6.92 Å². The van der Waals surface area contributed by atoms with Gasteiger partial charge in [0.2, 0.25) is 5.91 Å². The van der Waals surface area contributed by atoms with Gasteiger partial charge in [0.05, 0.1) is 6.10 Å². The van der Waals surface area contributed by atoms with E-state index in [0.717, 1.165) is 12.8 Å². The fourth-order valence-corrected chi connectivity index (χ4v) is 2.80. The lowest BCUT2D eigenvalue weighted by Gasteiger charge is -2.20. The average Bonchev–Trinajstić information content (AvgIpc) is 2.79. The zero-order valence-corrected chi connectivity index (χ0v) is 9.30. The fourth-order valence-electron chi connectivity index (χ4n) is 2.80. The molecule has 0 spiro atoms. The Hall–Kier alpha value is -1.10. The van der Waals surface area contributed by atoms with Gasteiger partial charge in [-0.3, -0.25) is 9.59 Å². The molecule has 2 N–H and O–H groups in total. The SMILES string of the molecule is CC(C(=O)O)C(=O)N1CC2CCC(O)C2C1. The highest BCUT2D eigenvalue weighted by molar-refractivity contribution is 5.96. The fraction of sp³-hybridized carbons (Fsp3) is 0.818. The first kappa shape index (κ1) is 11.4. The van der Waals surface area contributed by atoms with Crippen LogP contribution in [0.2, 0.25) is 0 Å². The van der Waals surface area contributed by atoms with Crippen molar-refractivity contribution in [3.05, 3.63) is 0 Å². The first-order valence-electron chi connectivity index (χ1n) is 5.70. The molecule has 1 saturated carbocycles. The molecule has 2 fully saturated rings. The van der Waals surface area contributed by atoms with Gasteiger partial charge in [0.25, 0.3) is 0 Å². The summed E-state index contributed by atoms with van der Waals surface area (Å²) in [5, 5.41) is 18.5. The van der Waals surface area contributed by atoms with Gasteiger partial charge in [0.15, 0.2) is 0 Å². The molecule has 5 heteroatoms. The van der Waals surface area contributed by atoms with E-state index < -0.39 is 11.9 Å². The predicted octanol–water partition coefficient (Wildman–Crippen LogP) is -0.0636. The topological polar surface area (TPSA) is 77.8 Å². The van der Waals surface area contributed by atoms with E-state index in [2.05, 4.69) is 0 Å². The number of hydrogen-bond donors (Lipinski definition) is 2. The van der Waals surface area contributed by atoms with Crippen molar-refractivity contribution >= 4 is 11.9 Å². The van der Waals surface area contributed by atoms with Crippen molar-refractivity contribution in [1.82, 2.24) is 4.90 Å². The van der Waals surface area contributed by atoms with Crippen LogP contribution in [0.15, 0.2) is 0 Å². The lowest BCUT2D eigenvalue weighted by atomic mass is 10.00. The predicted molar refractivity (Wildman–Crippen MR) is 55.6 cm³/mol. The Bertz CT molecular complexity index is 317. The number of aliphatic hydroxyl groups is 1. The third kappa shape index (κ3) is 1.80. The minimum absolute atomic E-state index is 0.157. The molecule has 0 bridgehead atoms. The van der Waals surface area contributed by atoms with Crippen molar-refractivity contribution in [2.24, 2.45) is 17.8 Å². The lowest BCUT2D eigenvalue weighted by molar-refractivity contribution is -0.150. The van der Waals surface area contributed by atoms with Crippen LogP contribution < -0.4 is 0 Å². The molecular weight excluding hydrogens is 210 g/mol. The highest BCUT2D eigenvalue weighted by Gasteiger charge is 2.44. The number of carboxylic acids is 1. The number of rotatable bonds is 2. The van der Waals surface area contributed by atoms with Gasteiger partial charge in [-0.1, -0.05) is 0 Å². The van der Waals surface area contributed by atoms with Gasteiger partial charge in [0, 0.05) is 19.0 Å². The van der Waals surface area contributed by atoms with E-state index in [1.54, 1.807) is 4.90 Å². The summed E-state index contributed by atoms with van der Waals surface area (Å²) in [5.41, 5.74) is 0. The second kappa shape index (κ2) is 4.05. The molecule has 2 rings (SSSR count). The van der Waals surface area contributed by atoms with Crippen molar-refractivity contribution in [2.45, 2.75) is 25.9 Å². The maximum Gasteiger partial charge on any atom is 0.315 e.